The summed E-state index contributed by atoms with van der Waals surface area (Å²) in [5.74, 6) is 1.01. The quantitative estimate of drug-likeness (QED) is 0.438. The molecule has 0 spiro atoms. The minimum Gasteiger partial charge on any atom is -0.489 e. The van der Waals surface area contributed by atoms with Crippen molar-refractivity contribution in [1.82, 2.24) is 5.43 Å². The van der Waals surface area contributed by atoms with E-state index in [0.717, 1.165) is 28.0 Å². The second-order valence-corrected chi connectivity index (χ2v) is 7.14. The summed E-state index contributed by atoms with van der Waals surface area (Å²) in [6.45, 7) is 6.50. The topological polar surface area (TPSA) is 59.9 Å². The Kier molecular flexibility index (Phi) is 7.22. The number of ether oxygens (including phenoxy) is 2. The summed E-state index contributed by atoms with van der Waals surface area (Å²) in [5, 5.41) is 4.05. The second kappa shape index (κ2) is 10.3. The molecule has 0 aliphatic carbocycles. The van der Waals surface area contributed by atoms with Gasteiger partial charge < -0.3 is 9.47 Å². The minimum atomic E-state index is -0.321. The van der Waals surface area contributed by atoms with Gasteiger partial charge in [-0.15, -0.1) is 0 Å². The van der Waals surface area contributed by atoms with Gasteiger partial charge in [0.25, 0.3) is 5.91 Å². The van der Waals surface area contributed by atoms with Crippen LogP contribution in [0.4, 0.5) is 0 Å². The first kappa shape index (κ1) is 21.1. The lowest BCUT2D eigenvalue weighted by atomic mass is 10.0. The van der Waals surface area contributed by atoms with Crippen molar-refractivity contribution in [2.24, 2.45) is 5.10 Å². The largest absolute Gasteiger partial charge is 0.489 e. The molecule has 0 saturated heterocycles. The summed E-state index contributed by atoms with van der Waals surface area (Å²) in [6.07, 6.45) is 1.67. The van der Waals surface area contributed by atoms with Gasteiger partial charge in [0.15, 0.2) is 6.61 Å². The molecule has 0 aliphatic heterocycles. The first-order chi connectivity index (χ1) is 14.5. The fourth-order valence-corrected chi connectivity index (χ4v) is 3.12. The fraction of sp³-hybridized carbons (Fsp3) is 0.200. The maximum Gasteiger partial charge on any atom is 0.277 e. The molecule has 3 aromatic rings. The molecular weight excluding hydrogens is 376 g/mol. The lowest BCUT2D eigenvalue weighted by Gasteiger charge is -2.09. The van der Waals surface area contributed by atoms with E-state index >= 15 is 0 Å². The normalized spacial score (nSPS) is 10.8. The van der Waals surface area contributed by atoms with Crippen LogP contribution in [0.25, 0.3) is 0 Å². The molecular formula is C25H26N2O3. The van der Waals surface area contributed by atoms with Crippen molar-refractivity contribution in [2.75, 3.05) is 6.61 Å². The zero-order chi connectivity index (χ0) is 21.3. The van der Waals surface area contributed by atoms with Gasteiger partial charge in [-0.3, -0.25) is 4.79 Å². The van der Waals surface area contributed by atoms with Crippen molar-refractivity contribution in [3.05, 3.63) is 94.5 Å². The maximum absolute atomic E-state index is 12.0. The van der Waals surface area contributed by atoms with Gasteiger partial charge in [-0.1, -0.05) is 48.0 Å². The van der Waals surface area contributed by atoms with Crippen molar-refractivity contribution >= 4 is 12.1 Å². The van der Waals surface area contributed by atoms with Gasteiger partial charge in [0.1, 0.15) is 18.1 Å². The van der Waals surface area contributed by atoms with Crippen LogP contribution in [0, 0.1) is 20.8 Å². The smallest absolute Gasteiger partial charge is 0.277 e. The Morgan fingerprint density at radius 3 is 2.13 bits per heavy atom. The maximum atomic E-state index is 12.0. The number of hydrazone groups is 1. The highest BCUT2D eigenvalue weighted by atomic mass is 16.5. The van der Waals surface area contributed by atoms with Gasteiger partial charge >= 0.3 is 0 Å². The highest BCUT2D eigenvalue weighted by molar-refractivity contribution is 5.85. The molecule has 3 rings (SSSR count). The zero-order valence-corrected chi connectivity index (χ0v) is 17.5. The highest BCUT2D eigenvalue weighted by Crippen LogP contribution is 2.18. The van der Waals surface area contributed by atoms with Crippen molar-refractivity contribution < 1.29 is 14.3 Å². The number of nitrogens with zero attached hydrogens (tertiary/aromatic N) is 1. The summed E-state index contributed by atoms with van der Waals surface area (Å²) in [7, 11) is 0. The average molecular weight is 402 g/mol. The second-order valence-electron chi connectivity index (χ2n) is 7.14. The molecule has 154 valence electrons. The van der Waals surface area contributed by atoms with E-state index < -0.39 is 0 Å². The van der Waals surface area contributed by atoms with Crippen molar-refractivity contribution in [1.29, 1.82) is 0 Å². The van der Waals surface area contributed by atoms with Crippen LogP contribution >= 0.6 is 0 Å². The van der Waals surface area contributed by atoms with E-state index in [4.69, 9.17) is 9.47 Å². The monoisotopic (exact) mass is 402 g/mol. The fourth-order valence-electron chi connectivity index (χ4n) is 3.12. The Bertz CT molecular complexity index is 989. The Morgan fingerprint density at radius 2 is 1.50 bits per heavy atom. The Hall–Kier alpha value is -3.60. The summed E-state index contributed by atoms with van der Waals surface area (Å²) < 4.78 is 11.3. The van der Waals surface area contributed by atoms with Gasteiger partial charge in [0.2, 0.25) is 0 Å². The number of amides is 1. The van der Waals surface area contributed by atoms with E-state index in [-0.39, 0.29) is 12.5 Å². The van der Waals surface area contributed by atoms with E-state index in [2.05, 4.69) is 29.6 Å². The lowest BCUT2D eigenvalue weighted by Crippen LogP contribution is -2.24. The predicted octanol–water partition coefficient (Wildman–Crippen LogP) is 4.72. The number of benzene rings is 3. The molecule has 0 radical (unpaired) electrons. The van der Waals surface area contributed by atoms with Crippen LogP contribution in [-0.2, 0) is 11.4 Å². The molecule has 0 fully saturated rings. The van der Waals surface area contributed by atoms with Gasteiger partial charge in [-0.25, -0.2) is 5.43 Å². The SMILES string of the molecule is Cc1cc(C)c(/C=N/NC(=O)COc2ccc(OCc3ccccc3)cc2)c(C)c1. The van der Waals surface area contributed by atoms with Gasteiger partial charge in [-0.05, 0) is 61.7 Å². The van der Waals surface area contributed by atoms with Crippen LogP contribution in [0.1, 0.15) is 27.8 Å². The number of aryl methyl sites for hydroxylation is 3. The number of carbonyl (C=O) groups excluding carboxylic acids is 1. The van der Waals surface area contributed by atoms with Crippen LogP contribution in [0.15, 0.2) is 71.8 Å². The summed E-state index contributed by atoms with van der Waals surface area (Å²) in [6, 6.07) is 21.3. The van der Waals surface area contributed by atoms with E-state index in [1.54, 1.807) is 18.3 Å². The predicted molar refractivity (Wildman–Crippen MR) is 119 cm³/mol. The minimum absolute atomic E-state index is 0.118. The standard InChI is InChI=1S/C25H26N2O3/c1-18-13-19(2)24(20(3)14-18)15-26-27-25(28)17-30-23-11-9-22(10-12-23)29-16-21-7-5-4-6-8-21/h4-15H,16-17H2,1-3H3,(H,27,28)/b26-15+. The third kappa shape index (κ3) is 6.21. The number of hydrogen-bond acceptors (Lipinski definition) is 4. The molecule has 0 unspecified atom stereocenters. The highest BCUT2D eigenvalue weighted by Gasteiger charge is 2.04. The first-order valence-electron chi connectivity index (χ1n) is 9.80. The van der Waals surface area contributed by atoms with E-state index in [1.165, 1.54) is 5.56 Å². The Labute approximate surface area is 177 Å². The molecule has 3 aromatic carbocycles. The zero-order valence-electron chi connectivity index (χ0n) is 17.5. The molecule has 1 amide bonds. The van der Waals surface area contributed by atoms with Crippen LogP contribution < -0.4 is 14.9 Å². The molecule has 30 heavy (non-hydrogen) atoms. The molecule has 0 aromatic heterocycles. The summed E-state index contributed by atoms with van der Waals surface area (Å²) in [5.41, 5.74) is 8.06. The first-order valence-corrected chi connectivity index (χ1v) is 9.80. The van der Waals surface area contributed by atoms with Gasteiger partial charge in [0.05, 0.1) is 6.21 Å². The van der Waals surface area contributed by atoms with E-state index in [0.29, 0.717) is 12.4 Å². The van der Waals surface area contributed by atoms with Crippen LogP contribution in [0.3, 0.4) is 0 Å². The lowest BCUT2D eigenvalue weighted by molar-refractivity contribution is -0.123. The Balaban J connectivity index is 1.44. The van der Waals surface area contributed by atoms with Crippen LogP contribution in [0.2, 0.25) is 0 Å². The molecule has 1 N–H and O–H groups in total. The average Bonchev–Trinajstić information content (AvgIpc) is 2.74. The van der Waals surface area contributed by atoms with Crippen molar-refractivity contribution in [3.63, 3.8) is 0 Å². The van der Waals surface area contributed by atoms with E-state index in [9.17, 15) is 4.79 Å². The number of rotatable bonds is 8. The molecule has 0 aliphatic rings. The summed E-state index contributed by atoms with van der Waals surface area (Å²) >= 11 is 0. The number of hydrogen-bond donors (Lipinski definition) is 1. The molecule has 5 heteroatoms. The number of carbonyl (C=O) groups is 1. The van der Waals surface area contributed by atoms with E-state index in [1.807, 2.05) is 56.3 Å². The van der Waals surface area contributed by atoms with Crippen molar-refractivity contribution in [2.45, 2.75) is 27.4 Å². The third-order valence-electron chi connectivity index (χ3n) is 4.56. The third-order valence-corrected chi connectivity index (χ3v) is 4.56. The molecule has 0 bridgehead atoms. The summed E-state index contributed by atoms with van der Waals surface area (Å²) in [4.78, 5) is 12.0. The van der Waals surface area contributed by atoms with Gasteiger partial charge in [0, 0.05) is 5.56 Å². The van der Waals surface area contributed by atoms with Crippen molar-refractivity contribution in [3.8, 4) is 11.5 Å². The molecule has 0 heterocycles. The molecule has 5 nitrogen and oxygen atoms in total. The van der Waals surface area contributed by atoms with Crippen LogP contribution in [0.5, 0.6) is 11.5 Å². The Morgan fingerprint density at radius 1 is 0.900 bits per heavy atom. The molecule has 0 saturated carbocycles. The van der Waals surface area contributed by atoms with Gasteiger partial charge in [-0.2, -0.15) is 5.10 Å². The van der Waals surface area contributed by atoms with Crippen LogP contribution in [-0.4, -0.2) is 18.7 Å². The molecule has 0 atom stereocenters. The number of nitrogens with one attached hydrogen (secondary N) is 1.